The lowest BCUT2D eigenvalue weighted by molar-refractivity contribution is 0.0951. The van der Waals surface area contributed by atoms with E-state index in [1.807, 2.05) is 36.6 Å². The van der Waals surface area contributed by atoms with Gasteiger partial charge in [-0.15, -0.1) is 0 Å². The minimum atomic E-state index is -0.116. The fourth-order valence-electron chi connectivity index (χ4n) is 2.05. The largest absolute Gasteiger partial charge is 0.370 e. The highest BCUT2D eigenvalue weighted by atomic mass is 32.2. The summed E-state index contributed by atoms with van der Waals surface area (Å²) in [6.45, 7) is 3.61. The highest BCUT2D eigenvalue weighted by Crippen LogP contribution is 2.22. The van der Waals surface area contributed by atoms with Crippen molar-refractivity contribution in [3.8, 4) is 0 Å². The molecular formula is C16H21N3OS. The predicted molar refractivity (Wildman–Crippen MR) is 91.2 cm³/mol. The number of pyridine rings is 1. The third-order valence-corrected chi connectivity index (χ3v) is 3.72. The molecule has 0 saturated carbocycles. The van der Waals surface area contributed by atoms with E-state index < -0.39 is 0 Å². The number of carbonyl (C=O) groups is 1. The van der Waals surface area contributed by atoms with E-state index in [9.17, 15) is 4.79 Å². The molecule has 2 aromatic rings. The van der Waals surface area contributed by atoms with Crippen molar-refractivity contribution < 1.29 is 4.79 Å². The van der Waals surface area contributed by atoms with E-state index in [0.717, 1.165) is 35.3 Å². The van der Waals surface area contributed by atoms with Gasteiger partial charge < -0.3 is 10.6 Å². The molecule has 0 bridgehead atoms. The van der Waals surface area contributed by atoms with E-state index >= 15 is 0 Å². The Hall–Kier alpha value is -1.75. The molecule has 0 saturated heterocycles. The van der Waals surface area contributed by atoms with Gasteiger partial charge in [0.15, 0.2) is 0 Å². The van der Waals surface area contributed by atoms with Crippen LogP contribution in [0, 0.1) is 0 Å². The first-order chi connectivity index (χ1) is 10.3. The van der Waals surface area contributed by atoms with Gasteiger partial charge in [0.2, 0.25) is 0 Å². The standard InChI is InChI=1S/C16H21N3OS/c1-3-8-17-15-13-7-5-4-6-12(13)11-14(19-15)16(20)18-9-10-21-2/h4-7,11H,3,8-10H2,1-2H3,(H,17,19)(H,18,20). The van der Waals surface area contributed by atoms with Gasteiger partial charge in [0, 0.05) is 24.2 Å². The first kappa shape index (κ1) is 15.6. The fourth-order valence-corrected chi connectivity index (χ4v) is 2.36. The lowest BCUT2D eigenvalue weighted by atomic mass is 10.1. The molecule has 1 heterocycles. The molecule has 1 aromatic carbocycles. The smallest absolute Gasteiger partial charge is 0.270 e. The molecule has 21 heavy (non-hydrogen) atoms. The Morgan fingerprint density at radius 2 is 2.10 bits per heavy atom. The molecule has 0 aliphatic heterocycles. The monoisotopic (exact) mass is 303 g/mol. The number of hydrogen-bond acceptors (Lipinski definition) is 4. The number of nitrogens with one attached hydrogen (secondary N) is 2. The predicted octanol–water partition coefficient (Wildman–Crippen LogP) is 3.15. The number of carbonyl (C=O) groups excluding carboxylic acids is 1. The van der Waals surface area contributed by atoms with Crippen molar-refractivity contribution in [3.05, 3.63) is 36.0 Å². The summed E-state index contributed by atoms with van der Waals surface area (Å²) < 4.78 is 0. The van der Waals surface area contributed by atoms with Gasteiger partial charge in [-0.25, -0.2) is 4.98 Å². The summed E-state index contributed by atoms with van der Waals surface area (Å²) in [5.74, 6) is 1.57. The van der Waals surface area contributed by atoms with Gasteiger partial charge in [0.05, 0.1) is 0 Å². The van der Waals surface area contributed by atoms with Crippen LogP contribution in [0.15, 0.2) is 30.3 Å². The van der Waals surface area contributed by atoms with Crippen LogP contribution in [-0.4, -0.2) is 36.0 Å². The zero-order chi connectivity index (χ0) is 15.1. The van der Waals surface area contributed by atoms with Gasteiger partial charge in [-0.3, -0.25) is 4.79 Å². The number of nitrogens with zero attached hydrogens (tertiary/aromatic N) is 1. The maximum atomic E-state index is 12.2. The summed E-state index contributed by atoms with van der Waals surface area (Å²) >= 11 is 1.71. The number of thioether (sulfide) groups is 1. The molecule has 5 heteroatoms. The van der Waals surface area contributed by atoms with Crippen LogP contribution < -0.4 is 10.6 Å². The molecule has 0 aliphatic carbocycles. The number of hydrogen-bond donors (Lipinski definition) is 2. The van der Waals surface area contributed by atoms with Gasteiger partial charge >= 0.3 is 0 Å². The van der Waals surface area contributed by atoms with Gasteiger partial charge in [-0.05, 0) is 24.1 Å². The molecule has 1 amide bonds. The van der Waals surface area contributed by atoms with Crippen molar-refractivity contribution >= 4 is 34.3 Å². The zero-order valence-corrected chi connectivity index (χ0v) is 13.3. The second-order valence-electron chi connectivity index (χ2n) is 4.75. The Morgan fingerprint density at radius 1 is 1.29 bits per heavy atom. The van der Waals surface area contributed by atoms with Crippen LogP contribution in [-0.2, 0) is 0 Å². The molecule has 0 aliphatic rings. The second kappa shape index (κ2) is 7.88. The molecular weight excluding hydrogens is 282 g/mol. The molecule has 2 N–H and O–H groups in total. The fraction of sp³-hybridized carbons (Fsp3) is 0.375. The molecule has 4 nitrogen and oxygen atoms in total. The third-order valence-electron chi connectivity index (χ3n) is 3.11. The Morgan fingerprint density at radius 3 is 2.86 bits per heavy atom. The number of aromatic nitrogens is 1. The zero-order valence-electron chi connectivity index (χ0n) is 12.5. The topological polar surface area (TPSA) is 54.0 Å². The number of anilines is 1. The summed E-state index contributed by atoms with van der Waals surface area (Å²) in [5, 5.41) is 8.28. The quantitative estimate of drug-likeness (QED) is 0.772. The Kier molecular flexibility index (Phi) is 5.87. The summed E-state index contributed by atoms with van der Waals surface area (Å²) in [5.41, 5.74) is 0.466. The summed E-state index contributed by atoms with van der Waals surface area (Å²) in [4.78, 5) is 16.7. The van der Waals surface area contributed by atoms with E-state index in [1.54, 1.807) is 11.8 Å². The SMILES string of the molecule is CCCNc1nc(C(=O)NCCSC)cc2ccccc12. The molecule has 0 atom stereocenters. The van der Waals surface area contributed by atoms with E-state index in [4.69, 9.17) is 0 Å². The number of fused-ring (bicyclic) bond motifs is 1. The van der Waals surface area contributed by atoms with E-state index in [2.05, 4.69) is 22.5 Å². The molecule has 0 fully saturated rings. The average Bonchev–Trinajstić information content (AvgIpc) is 2.52. The summed E-state index contributed by atoms with van der Waals surface area (Å²) in [6, 6.07) is 9.84. The minimum Gasteiger partial charge on any atom is -0.370 e. The highest BCUT2D eigenvalue weighted by Gasteiger charge is 2.11. The molecule has 1 aromatic heterocycles. The second-order valence-corrected chi connectivity index (χ2v) is 5.74. The van der Waals surface area contributed by atoms with Crippen LogP contribution in [0.5, 0.6) is 0 Å². The Bertz CT molecular complexity index is 615. The van der Waals surface area contributed by atoms with Crippen LogP contribution in [0.25, 0.3) is 10.8 Å². The highest BCUT2D eigenvalue weighted by molar-refractivity contribution is 7.98. The van der Waals surface area contributed by atoms with Crippen LogP contribution in [0.2, 0.25) is 0 Å². The lowest BCUT2D eigenvalue weighted by Crippen LogP contribution is -2.26. The first-order valence-corrected chi connectivity index (χ1v) is 8.56. The average molecular weight is 303 g/mol. The van der Waals surface area contributed by atoms with Crippen LogP contribution in [0.1, 0.15) is 23.8 Å². The third kappa shape index (κ3) is 4.11. The maximum Gasteiger partial charge on any atom is 0.270 e. The summed E-state index contributed by atoms with van der Waals surface area (Å²) in [7, 11) is 0. The van der Waals surface area contributed by atoms with Gasteiger partial charge in [0.1, 0.15) is 11.5 Å². The normalized spacial score (nSPS) is 10.6. The number of amides is 1. The maximum absolute atomic E-state index is 12.2. The van der Waals surface area contributed by atoms with Crippen LogP contribution >= 0.6 is 11.8 Å². The van der Waals surface area contributed by atoms with E-state index in [-0.39, 0.29) is 5.91 Å². The van der Waals surface area contributed by atoms with Crippen molar-refractivity contribution in [2.75, 3.05) is 30.4 Å². The first-order valence-electron chi connectivity index (χ1n) is 7.17. The molecule has 2 rings (SSSR count). The lowest BCUT2D eigenvalue weighted by Gasteiger charge is -2.11. The Labute approximate surface area is 129 Å². The van der Waals surface area contributed by atoms with Crippen molar-refractivity contribution in [1.29, 1.82) is 0 Å². The summed E-state index contributed by atoms with van der Waals surface area (Å²) in [6.07, 6.45) is 3.04. The van der Waals surface area contributed by atoms with Crippen molar-refractivity contribution in [1.82, 2.24) is 10.3 Å². The molecule has 0 radical (unpaired) electrons. The molecule has 0 spiro atoms. The molecule has 112 valence electrons. The minimum absolute atomic E-state index is 0.116. The van der Waals surface area contributed by atoms with Crippen molar-refractivity contribution in [2.24, 2.45) is 0 Å². The van der Waals surface area contributed by atoms with E-state index in [0.29, 0.717) is 12.2 Å². The van der Waals surface area contributed by atoms with E-state index in [1.165, 1.54) is 0 Å². The van der Waals surface area contributed by atoms with Crippen LogP contribution in [0.4, 0.5) is 5.82 Å². The van der Waals surface area contributed by atoms with Crippen molar-refractivity contribution in [2.45, 2.75) is 13.3 Å². The molecule has 0 unspecified atom stereocenters. The van der Waals surface area contributed by atoms with Gasteiger partial charge in [-0.2, -0.15) is 11.8 Å². The van der Waals surface area contributed by atoms with Crippen molar-refractivity contribution in [3.63, 3.8) is 0 Å². The van der Waals surface area contributed by atoms with Gasteiger partial charge in [-0.1, -0.05) is 31.2 Å². The Balaban J connectivity index is 2.29. The number of rotatable bonds is 7. The van der Waals surface area contributed by atoms with Gasteiger partial charge in [0.25, 0.3) is 5.91 Å². The number of benzene rings is 1. The van der Waals surface area contributed by atoms with Crippen LogP contribution in [0.3, 0.4) is 0 Å².